The van der Waals surface area contributed by atoms with E-state index in [1.165, 1.54) is 64.2 Å². The summed E-state index contributed by atoms with van der Waals surface area (Å²) in [7, 11) is 0. The average molecular weight is 787 g/mol. The molecule has 0 bridgehead atoms. The van der Waals surface area contributed by atoms with Crippen molar-refractivity contribution in [2.75, 3.05) is 13.2 Å². The van der Waals surface area contributed by atoms with Crippen molar-refractivity contribution in [3.8, 4) is 0 Å². The zero-order chi connectivity index (χ0) is 41.5. The molecule has 0 N–H and O–H groups in total. The molecule has 0 saturated carbocycles. The Morgan fingerprint density at radius 1 is 0.368 bits per heavy atom. The molecule has 0 heterocycles. The normalized spacial score (nSPS) is 13.2. The van der Waals surface area contributed by atoms with Gasteiger partial charge in [0.05, 0.1) is 0 Å². The van der Waals surface area contributed by atoms with Gasteiger partial charge in [-0.15, -0.1) is 0 Å². The maximum atomic E-state index is 12.7. The molecule has 0 rings (SSSR count). The van der Waals surface area contributed by atoms with Crippen LogP contribution in [-0.2, 0) is 28.6 Å². The van der Waals surface area contributed by atoms with Gasteiger partial charge in [0.1, 0.15) is 13.2 Å². The quantitative estimate of drug-likeness (QED) is 0.0270. The Morgan fingerprint density at radius 2 is 0.684 bits per heavy atom. The molecule has 0 saturated heterocycles. The van der Waals surface area contributed by atoms with Crippen LogP contribution in [0.4, 0.5) is 0 Å². The summed E-state index contributed by atoms with van der Waals surface area (Å²) < 4.78 is 16.6. The molecule has 0 aliphatic carbocycles. The van der Waals surface area contributed by atoms with Gasteiger partial charge < -0.3 is 14.2 Å². The number of ether oxygens (including phenoxy) is 3. The molecule has 318 valence electrons. The first-order valence-corrected chi connectivity index (χ1v) is 22.2. The third-order valence-electron chi connectivity index (χ3n) is 8.72. The number of hydrogen-bond acceptors (Lipinski definition) is 6. The molecule has 0 aromatic carbocycles. The lowest BCUT2D eigenvalue weighted by Gasteiger charge is -2.18. The molecule has 0 amide bonds. The molecule has 1 unspecified atom stereocenters. The zero-order valence-electron chi connectivity index (χ0n) is 36.0. The lowest BCUT2D eigenvalue weighted by atomic mass is 10.0. The van der Waals surface area contributed by atoms with Crippen LogP contribution in [0.1, 0.15) is 162 Å². The molecule has 0 fully saturated rings. The van der Waals surface area contributed by atoms with Crippen molar-refractivity contribution in [1.29, 1.82) is 0 Å². The van der Waals surface area contributed by atoms with E-state index in [9.17, 15) is 14.4 Å². The van der Waals surface area contributed by atoms with Crippen molar-refractivity contribution in [2.24, 2.45) is 0 Å². The van der Waals surface area contributed by atoms with E-state index in [1.54, 1.807) is 0 Å². The molecule has 0 radical (unpaired) electrons. The Labute approximate surface area is 348 Å². The van der Waals surface area contributed by atoms with Crippen molar-refractivity contribution in [1.82, 2.24) is 0 Å². The fourth-order valence-electron chi connectivity index (χ4n) is 5.44. The molecular weight excluding hydrogens is 709 g/mol. The molecule has 0 spiro atoms. The van der Waals surface area contributed by atoms with Gasteiger partial charge >= 0.3 is 17.9 Å². The SMILES string of the molecule is CC/C=C/C=C/C=C/C=C/C=C/CCCC(=O)OCC(COC(=O)CCCCCCCCCCCCCCC)OC(=O)CCC/C=C/C=C/C=C/C=C/C=C/CC. The highest BCUT2D eigenvalue weighted by atomic mass is 16.6. The first-order valence-electron chi connectivity index (χ1n) is 22.2. The molecular formula is C51H78O6. The van der Waals surface area contributed by atoms with Gasteiger partial charge in [0.2, 0.25) is 0 Å². The topological polar surface area (TPSA) is 78.9 Å². The summed E-state index contributed by atoms with van der Waals surface area (Å²) >= 11 is 0. The first kappa shape index (κ1) is 52.8. The largest absolute Gasteiger partial charge is 0.462 e. The predicted octanol–water partition coefficient (Wildman–Crippen LogP) is 14.2. The minimum Gasteiger partial charge on any atom is -0.462 e. The van der Waals surface area contributed by atoms with E-state index in [4.69, 9.17) is 14.2 Å². The number of esters is 3. The van der Waals surface area contributed by atoms with Gasteiger partial charge in [-0.3, -0.25) is 14.4 Å². The summed E-state index contributed by atoms with van der Waals surface area (Å²) in [6, 6.07) is 0. The van der Waals surface area contributed by atoms with Crippen LogP contribution in [0.15, 0.2) is 122 Å². The molecule has 0 aliphatic rings. The predicted molar refractivity (Wildman–Crippen MR) is 242 cm³/mol. The Morgan fingerprint density at radius 3 is 1.07 bits per heavy atom. The van der Waals surface area contributed by atoms with E-state index in [2.05, 4.69) is 32.9 Å². The van der Waals surface area contributed by atoms with Gasteiger partial charge in [-0.25, -0.2) is 0 Å². The maximum absolute atomic E-state index is 12.7. The summed E-state index contributed by atoms with van der Waals surface area (Å²) in [5.74, 6) is -1.10. The summed E-state index contributed by atoms with van der Waals surface area (Å²) in [4.78, 5) is 37.7. The lowest BCUT2D eigenvalue weighted by molar-refractivity contribution is -0.167. The number of hydrogen-bond donors (Lipinski definition) is 0. The standard InChI is InChI=1S/C51H78O6/c1-4-7-10-13-16-19-22-25-28-31-34-37-40-43-49(52)55-46-48(57-51(54)45-42-39-36-33-30-27-24-21-18-15-12-9-6-3)47-56-50(53)44-41-38-35-32-29-26-23-20-17-14-11-8-5-2/h7,9-10,12-13,15-16,18-19,21-22,24-25,27-28,30-31,33-34,36,48H,4-6,8,11,14,17,20,23,26,29,32,35,37-47H2,1-3H3/b10-7+,12-9+,16-13+,18-15+,22-19+,24-21+,28-25+,30-27+,34-31+,36-33+. The molecule has 0 aliphatic heterocycles. The van der Waals surface area contributed by atoms with Crippen LogP contribution >= 0.6 is 0 Å². The van der Waals surface area contributed by atoms with E-state index >= 15 is 0 Å². The second kappa shape index (κ2) is 44.5. The van der Waals surface area contributed by atoms with E-state index in [-0.39, 0.29) is 38.0 Å². The van der Waals surface area contributed by atoms with Crippen LogP contribution < -0.4 is 0 Å². The Bertz CT molecular complexity index is 1270. The van der Waals surface area contributed by atoms with Gasteiger partial charge in [0.25, 0.3) is 0 Å². The van der Waals surface area contributed by atoms with Crippen molar-refractivity contribution in [3.05, 3.63) is 122 Å². The number of rotatable bonds is 37. The van der Waals surface area contributed by atoms with E-state index in [1.807, 2.05) is 109 Å². The summed E-state index contributed by atoms with van der Waals surface area (Å²) in [5.41, 5.74) is 0. The Hall–Kier alpha value is -4.19. The molecule has 0 aromatic heterocycles. The van der Waals surface area contributed by atoms with Crippen LogP contribution in [0.25, 0.3) is 0 Å². The molecule has 1 atom stereocenters. The Balaban J connectivity index is 4.64. The first-order chi connectivity index (χ1) is 28.0. The highest BCUT2D eigenvalue weighted by molar-refractivity contribution is 5.71. The third-order valence-corrected chi connectivity index (χ3v) is 8.72. The van der Waals surface area contributed by atoms with Crippen LogP contribution in [0, 0.1) is 0 Å². The Kier molecular flexibility index (Phi) is 41.3. The van der Waals surface area contributed by atoms with Crippen LogP contribution in [0.5, 0.6) is 0 Å². The van der Waals surface area contributed by atoms with Crippen molar-refractivity contribution in [2.45, 2.75) is 168 Å². The lowest BCUT2D eigenvalue weighted by Crippen LogP contribution is -2.30. The molecule has 57 heavy (non-hydrogen) atoms. The van der Waals surface area contributed by atoms with Gasteiger partial charge in [-0.2, -0.15) is 0 Å². The maximum Gasteiger partial charge on any atom is 0.306 e. The van der Waals surface area contributed by atoms with Crippen LogP contribution in [-0.4, -0.2) is 37.2 Å². The van der Waals surface area contributed by atoms with Gasteiger partial charge in [-0.05, 0) is 44.9 Å². The van der Waals surface area contributed by atoms with Crippen molar-refractivity contribution in [3.63, 3.8) is 0 Å². The van der Waals surface area contributed by atoms with E-state index in [0.29, 0.717) is 25.7 Å². The number of allylic oxidation sites excluding steroid dienone is 20. The summed E-state index contributed by atoms with van der Waals surface area (Å²) in [5, 5.41) is 0. The van der Waals surface area contributed by atoms with E-state index < -0.39 is 12.1 Å². The molecule has 6 nitrogen and oxygen atoms in total. The minimum absolute atomic E-state index is 0.132. The summed E-state index contributed by atoms with van der Waals surface area (Å²) in [6.45, 7) is 6.18. The number of carbonyl (C=O) groups excluding carboxylic acids is 3. The highest BCUT2D eigenvalue weighted by Crippen LogP contribution is 2.13. The van der Waals surface area contributed by atoms with Crippen LogP contribution in [0.2, 0.25) is 0 Å². The van der Waals surface area contributed by atoms with Crippen molar-refractivity contribution < 1.29 is 28.6 Å². The third kappa shape index (κ3) is 42.8. The highest BCUT2D eigenvalue weighted by Gasteiger charge is 2.19. The second-order valence-electron chi connectivity index (χ2n) is 14.1. The fourth-order valence-corrected chi connectivity index (χ4v) is 5.44. The van der Waals surface area contributed by atoms with E-state index in [0.717, 1.165) is 38.5 Å². The number of unbranched alkanes of at least 4 members (excludes halogenated alkanes) is 14. The van der Waals surface area contributed by atoms with Gasteiger partial charge in [0, 0.05) is 19.3 Å². The second-order valence-corrected chi connectivity index (χ2v) is 14.1. The molecule has 6 heteroatoms. The van der Waals surface area contributed by atoms with Crippen LogP contribution in [0.3, 0.4) is 0 Å². The van der Waals surface area contributed by atoms with Gasteiger partial charge in [-0.1, -0.05) is 219 Å². The average Bonchev–Trinajstić information content (AvgIpc) is 3.21. The zero-order valence-corrected chi connectivity index (χ0v) is 36.0. The van der Waals surface area contributed by atoms with Crippen molar-refractivity contribution >= 4 is 17.9 Å². The fraction of sp³-hybridized carbons (Fsp3) is 0.549. The van der Waals surface area contributed by atoms with Gasteiger partial charge in [0.15, 0.2) is 6.10 Å². The molecule has 0 aromatic rings. The summed E-state index contributed by atoms with van der Waals surface area (Å²) in [6.07, 6.45) is 60.5. The minimum atomic E-state index is -0.843. The number of carbonyl (C=O) groups is 3. The monoisotopic (exact) mass is 787 g/mol. The smallest absolute Gasteiger partial charge is 0.306 e.